The number of rotatable bonds is 1. The van der Waals surface area contributed by atoms with Crippen LogP contribution in [0.5, 0.6) is 0 Å². The molecule has 1 aliphatic rings. The maximum absolute atomic E-state index is 6.06. The monoisotopic (exact) mass is 278 g/mol. The summed E-state index contributed by atoms with van der Waals surface area (Å²) in [4.78, 5) is 0. The Hall–Kier alpha value is 0.240. The van der Waals surface area contributed by atoms with Crippen molar-refractivity contribution in [3.8, 4) is 0 Å². The van der Waals surface area contributed by atoms with E-state index in [1.165, 1.54) is 22.0 Å². The lowest BCUT2D eigenvalue weighted by Gasteiger charge is -2.03. The second-order valence-corrected chi connectivity index (χ2v) is 4.48. The van der Waals surface area contributed by atoms with Crippen LogP contribution in [0.2, 0.25) is 5.02 Å². The van der Waals surface area contributed by atoms with Gasteiger partial charge in [0.05, 0.1) is 0 Å². The largest absolute Gasteiger partial charge is 0.0840 e. The topological polar surface area (TPSA) is 0 Å². The first kappa shape index (κ1) is 7.87. The van der Waals surface area contributed by atoms with Gasteiger partial charge in [0.15, 0.2) is 0 Å². The Morgan fingerprint density at radius 1 is 1.36 bits per heavy atom. The van der Waals surface area contributed by atoms with Gasteiger partial charge in [0.25, 0.3) is 0 Å². The fourth-order valence-electron chi connectivity index (χ4n) is 1.27. The summed E-state index contributed by atoms with van der Waals surface area (Å²) in [6.45, 7) is 0. The molecule has 0 spiro atoms. The quantitative estimate of drug-likeness (QED) is 0.685. The first-order valence-electron chi connectivity index (χ1n) is 3.73. The minimum Gasteiger partial charge on any atom is -0.0840 e. The first-order valence-corrected chi connectivity index (χ1v) is 5.18. The zero-order valence-electron chi connectivity index (χ0n) is 5.98. The van der Waals surface area contributed by atoms with Crippen molar-refractivity contribution in [1.29, 1.82) is 0 Å². The van der Waals surface area contributed by atoms with E-state index in [9.17, 15) is 0 Å². The van der Waals surface area contributed by atoms with Crippen molar-refractivity contribution in [3.05, 3.63) is 32.4 Å². The van der Waals surface area contributed by atoms with E-state index in [1.807, 2.05) is 12.1 Å². The zero-order valence-corrected chi connectivity index (χ0v) is 8.89. The Morgan fingerprint density at radius 3 is 2.64 bits per heavy atom. The van der Waals surface area contributed by atoms with Gasteiger partial charge in [0.1, 0.15) is 0 Å². The van der Waals surface area contributed by atoms with Crippen molar-refractivity contribution in [2.45, 2.75) is 18.8 Å². The number of hydrogen-bond donors (Lipinski definition) is 0. The van der Waals surface area contributed by atoms with Crippen LogP contribution in [0.3, 0.4) is 0 Å². The molecular weight excluding hydrogens is 270 g/mol. The molecule has 58 valence electrons. The maximum atomic E-state index is 6.06. The van der Waals surface area contributed by atoms with Crippen LogP contribution in [0.15, 0.2) is 18.2 Å². The highest BCUT2D eigenvalue weighted by molar-refractivity contribution is 14.1. The van der Waals surface area contributed by atoms with Crippen molar-refractivity contribution in [3.63, 3.8) is 0 Å². The zero-order chi connectivity index (χ0) is 7.84. The van der Waals surface area contributed by atoms with Gasteiger partial charge in [-0.05, 0) is 59.0 Å². The van der Waals surface area contributed by atoms with E-state index in [1.54, 1.807) is 0 Å². The van der Waals surface area contributed by atoms with E-state index in [4.69, 9.17) is 11.6 Å². The van der Waals surface area contributed by atoms with Crippen LogP contribution in [0.25, 0.3) is 0 Å². The third-order valence-electron chi connectivity index (χ3n) is 1.99. The Kier molecular flexibility index (Phi) is 2.10. The summed E-state index contributed by atoms with van der Waals surface area (Å²) in [7, 11) is 0. The third kappa shape index (κ3) is 1.54. The molecule has 0 amide bonds. The minimum absolute atomic E-state index is 0.760. The molecule has 0 saturated heterocycles. The molecule has 0 unspecified atom stereocenters. The SMILES string of the molecule is Clc1cccc(I)c1C1CC1. The van der Waals surface area contributed by atoms with Gasteiger partial charge in [-0.25, -0.2) is 0 Å². The minimum atomic E-state index is 0.760. The number of hydrogen-bond acceptors (Lipinski definition) is 0. The highest BCUT2D eigenvalue weighted by Crippen LogP contribution is 2.44. The Morgan fingerprint density at radius 2 is 2.09 bits per heavy atom. The fraction of sp³-hybridized carbons (Fsp3) is 0.333. The van der Waals surface area contributed by atoms with Crippen molar-refractivity contribution >= 4 is 34.2 Å². The van der Waals surface area contributed by atoms with Crippen molar-refractivity contribution in [1.82, 2.24) is 0 Å². The molecule has 2 rings (SSSR count). The number of halogens is 2. The lowest BCUT2D eigenvalue weighted by molar-refractivity contribution is 1.12. The van der Waals surface area contributed by atoms with Crippen molar-refractivity contribution < 1.29 is 0 Å². The number of benzene rings is 1. The molecule has 1 aromatic rings. The van der Waals surface area contributed by atoms with Gasteiger partial charge in [-0.2, -0.15) is 0 Å². The molecule has 1 aliphatic carbocycles. The summed E-state index contributed by atoms with van der Waals surface area (Å²) in [6, 6.07) is 6.12. The molecule has 1 aromatic carbocycles. The standard InChI is InChI=1S/C9H8ClI/c10-7-2-1-3-8(11)9(7)6-4-5-6/h1-3,6H,4-5H2. The van der Waals surface area contributed by atoms with E-state index in [0.717, 1.165) is 10.9 Å². The van der Waals surface area contributed by atoms with Gasteiger partial charge in [0.2, 0.25) is 0 Å². The molecule has 0 aliphatic heterocycles. The average Bonchev–Trinajstić information content (AvgIpc) is 2.70. The van der Waals surface area contributed by atoms with E-state index < -0.39 is 0 Å². The van der Waals surface area contributed by atoms with Crippen LogP contribution in [0.1, 0.15) is 24.3 Å². The van der Waals surface area contributed by atoms with Crippen LogP contribution >= 0.6 is 34.2 Å². The van der Waals surface area contributed by atoms with Gasteiger partial charge in [-0.15, -0.1) is 0 Å². The smallest absolute Gasteiger partial charge is 0.0451 e. The highest BCUT2D eigenvalue weighted by Gasteiger charge is 2.27. The average molecular weight is 279 g/mol. The van der Waals surface area contributed by atoms with Gasteiger partial charge < -0.3 is 0 Å². The molecule has 0 nitrogen and oxygen atoms in total. The molecule has 1 saturated carbocycles. The Balaban J connectivity index is 2.48. The van der Waals surface area contributed by atoms with E-state index in [0.29, 0.717) is 0 Å². The highest BCUT2D eigenvalue weighted by atomic mass is 127. The summed E-state index contributed by atoms with van der Waals surface area (Å²) < 4.78 is 1.32. The molecule has 0 N–H and O–H groups in total. The van der Waals surface area contributed by atoms with E-state index in [2.05, 4.69) is 28.7 Å². The maximum Gasteiger partial charge on any atom is 0.0451 e. The fourth-order valence-corrected chi connectivity index (χ4v) is 2.70. The molecule has 2 heteroatoms. The van der Waals surface area contributed by atoms with Crippen molar-refractivity contribution in [2.75, 3.05) is 0 Å². The summed E-state index contributed by atoms with van der Waals surface area (Å²) in [5.74, 6) is 0.760. The van der Waals surface area contributed by atoms with Crippen LogP contribution in [-0.2, 0) is 0 Å². The normalized spacial score (nSPS) is 16.9. The second kappa shape index (κ2) is 2.94. The summed E-state index contributed by atoms with van der Waals surface area (Å²) in [5.41, 5.74) is 1.37. The molecule has 11 heavy (non-hydrogen) atoms. The molecule has 1 fully saturated rings. The second-order valence-electron chi connectivity index (χ2n) is 2.91. The van der Waals surface area contributed by atoms with E-state index in [-0.39, 0.29) is 0 Å². The predicted octanol–water partition coefficient (Wildman–Crippen LogP) is 3.82. The van der Waals surface area contributed by atoms with Gasteiger partial charge in [0, 0.05) is 8.59 Å². The van der Waals surface area contributed by atoms with Gasteiger partial charge in [-0.1, -0.05) is 17.7 Å². The van der Waals surface area contributed by atoms with Crippen molar-refractivity contribution in [2.24, 2.45) is 0 Å². The van der Waals surface area contributed by atoms with Crippen LogP contribution in [0.4, 0.5) is 0 Å². The lowest BCUT2D eigenvalue weighted by Crippen LogP contribution is -1.85. The predicted molar refractivity (Wildman–Crippen MR) is 56.1 cm³/mol. The van der Waals surface area contributed by atoms with E-state index >= 15 is 0 Å². The summed E-state index contributed by atoms with van der Waals surface area (Å²) in [5, 5.41) is 0.944. The van der Waals surface area contributed by atoms with Gasteiger partial charge >= 0.3 is 0 Å². The molecular formula is C9H8ClI. The van der Waals surface area contributed by atoms with Crippen LogP contribution in [0, 0.1) is 3.57 Å². The Bertz CT molecular complexity index is 259. The summed E-state index contributed by atoms with van der Waals surface area (Å²) >= 11 is 8.42. The lowest BCUT2D eigenvalue weighted by atomic mass is 10.1. The Labute approximate surface area is 85.1 Å². The first-order chi connectivity index (χ1) is 5.29. The summed E-state index contributed by atoms with van der Waals surface area (Å²) in [6.07, 6.45) is 2.64. The van der Waals surface area contributed by atoms with Crippen LogP contribution < -0.4 is 0 Å². The molecule has 0 radical (unpaired) electrons. The van der Waals surface area contributed by atoms with Gasteiger partial charge in [-0.3, -0.25) is 0 Å². The molecule has 0 bridgehead atoms. The van der Waals surface area contributed by atoms with Crippen LogP contribution in [-0.4, -0.2) is 0 Å². The molecule has 0 atom stereocenters. The third-order valence-corrected chi connectivity index (χ3v) is 3.26. The molecule has 0 heterocycles. The molecule has 0 aromatic heterocycles.